The number of aliphatic hydroxyl groups excluding tert-OH is 1. The van der Waals surface area contributed by atoms with Crippen molar-refractivity contribution in [3.63, 3.8) is 0 Å². The van der Waals surface area contributed by atoms with Gasteiger partial charge in [-0.1, -0.05) is 32.0 Å². The minimum Gasteiger partial charge on any atom is -0.393 e. The highest BCUT2D eigenvalue weighted by molar-refractivity contribution is 6.01. The van der Waals surface area contributed by atoms with Gasteiger partial charge in [0.1, 0.15) is 0 Å². The van der Waals surface area contributed by atoms with E-state index in [1.807, 2.05) is 36.4 Å². The molecule has 1 amide bonds. The minimum atomic E-state index is -0.172. The van der Waals surface area contributed by atoms with Crippen LogP contribution in [0.5, 0.6) is 0 Å². The first-order chi connectivity index (χ1) is 18.5. The van der Waals surface area contributed by atoms with Crippen molar-refractivity contribution < 1.29 is 9.90 Å². The van der Waals surface area contributed by atoms with E-state index in [0.29, 0.717) is 23.6 Å². The van der Waals surface area contributed by atoms with Crippen molar-refractivity contribution in [2.24, 2.45) is 5.92 Å². The second-order valence-electron chi connectivity index (χ2n) is 11.2. The number of aromatic nitrogens is 3. The average Bonchev–Trinajstić information content (AvgIpc) is 3.46. The Labute approximate surface area is 223 Å². The van der Waals surface area contributed by atoms with Gasteiger partial charge in [0.15, 0.2) is 0 Å². The third kappa shape index (κ3) is 4.78. The molecule has 2 aromatic carbocycles. The Morgan fingerprint density at radius 1 is 1.08 bits per heavy atom. The smallest absolute Gasteiger partial charge is 0.251 e. The van der Waals surface area contributed by atoms with E-state index in [1.54, 1.807) is 6.20 Å². The summed E-state index contributed by atoms with van der Waals surface area (Å²) < 4.78 is 0. The fraction of sp³-hybridized carbons (Fsp3) is 0.387. The van der Waals surface area contributed by atoms with E-state index < -0.39 is 0 Å². The van der Waals surface area contributed by atoms with Gasteiger partial charge in [-0.15, -0.1) is 0 Å². The number of aromatic amines is 1. The van der Waals surface area contributed by atoms with E-state index in [4.69, 9.17) is 0 Å². The van der Waals surface area contributed by atoms with Gasteiger partial charge in [-0.2, -0.15) is 5.10 Å². The molecule has 2 saturated heterocycles. The predicted octanol–water partition coefficient (Wildman–Crippen LogP) is 5.63. The second-order valence-corrected chi connectivity index (χ2v) is 11.2. The van der Waals surface area contributed by atoms with Crippen molar-refractivity contribution in [2.75, 3.05) is 4.90 Å². The first-order valence-corrected chi connectivity index (χ1v) is 13.7. The van der Waals surface area contributed by atoms with Crippen molar-refractivity contribution >= 4 is 22.5 Å². The van der Waals surface area contributed by atoms with E-state index in [-0.39, 0.29) is 18.1 Å². The van der Waals surface area contributed by atoms with Gasteiger partial charge in [-0.3, -0.25) is 14.9 Å². The van der Waals surface area contributed by atoms with Crippen molar-refractivity contribution in [1.82, 2.24) is 20.5 Å². The maximum Gasteiger partial charge on any atom is 0.251 e. The van der Waals surface area contributed by atoms with Crippen LogP contribution in [-0.4, -0.2) is 44.4 Å². The molecule has 4 aromatic rings. The number of fused-ring (bicyclic) bond motifs is 3. The van der Waals surface area contributed by atoms with Crippen LogP contribution in [-0.2, 0) is 0 Å². The molecule has 0 unspecified atom stereocenters. The Morgan fingerprint density at radius 2 is 1.84 bits per heavy atom. The number of carbonyl (C=O) groups is 1. The van der Waals surface area contributed by atoms with Gasteiger partial charge in [0, 0.05) is 40.5 Å². The molecule has 2 aromatic heterocycles. The number of benzene rings is 2. The van der Waals surface area contributed by atoms with Crippen molar-refractivity contribution in [3.8, 4) is 11.3 Å². The molecule has 196 valence electrons. The van der Waals surface area contributed by atoms with Gasteiger partial charge in [0.2, 0.25) is 0 Å². The molecule has 7 nitrogen and oxygen atoms in total. The van der Waals surface area contributed by atoms with Crippen LogP contribution in [0.2, 0.25) is 0 Å². The van der Waals surface area contributed by atoms with Crippen LogP contribution in [0, 0.1) is 5.92 Å². The first kappa shape index (κ1) is 24.6. The summed E-state index contributed by atoms with van der Waals surface area (Å²) in [5.41, 5.74) is 5.42. The number of amides is 1. The second kappa shape index (κ2) is 10.2. The third-order valence-electron chi connectivity index (χ3n) is 8.03. The standard InChI is InChI=1S/C31H35N5O2/c1-19(2)15-29(28-5-3-4-14-32-28)33-31(38)21-8-13-27-26(16-21)30(35-34-27)20-6-9-22(10-7-20)36-23-11-12-24(36)18-25(37)17-23/h3-10,13-14,16,19,23-25,29,37H,11-12,15,17-18H2,1-2H3,(H,33,38)(H,34,35)/t23-,24+,25-,29-/m1/s1. The summed E-state index contributed by atoms with van der Waals surface area (Å²) in [6.45, 7) is 4.30. The van der Waals surface area contributed by atoms with Gasteiger partial charge in [-0.25, -0.2) is 0 Å². The number of H-pyrrole nitrogens is 1. The van der Waals surface area contributed by atoms with E-state index in [2.05, 4.69) is 63.5 Å². The summed E-state index contributed by atoms with van der Waals surface area (Å²) >= 11 is 0. The summed E-state index contributed by atoms with van der Waals surface area (Å²) in [5, 5.41) is 22.0. The van der Waals surface area contributed by atoms with Crippen LogP contribution in [0.3, 0.4) is 0 Å². The van der Waals surface area contributed by atoms with Crippen LogP contribution in [0.1, 0.15) is 68.0 Å². The van der Waals surface area contributed by atoms with Gasteiger partial charge in [-0.05, 0) is 80.5 Å². The molecular formula is C31H35N5O2. The monoisotopic (exact) mass is 509 g/mol. The fourth-order valence-corrected chi connectivity index (χ4v) is 6.29. The zero-order valence-electron chi connectivity index (χ0n) is 22.0. The predicted molar refractivity (Wildman–Crippen MR) is 150 cm³/mol. The number of anilines is 1. The highest BCUT2D eigenvalue weighted by Crippen LogP contribution is 2.40. The molecular weight excluding hydrogens is 474 g/mol. The first-order valence-electron chi connectivity index (χ1n) is 13.7. The molecule has 6 rings (SSSR count). The fourth-order valence-electron chi connectivity index (χ4n) is 6.29. The van der Waals surface area contributed by atoms with E-state index in [9.17, 15) is 9.90 Å². The van der Waals surface area contributed by atoms with Crippen LogP contribution in [0.15, 0.2) is 66.9 Å². The maximum absolute atomic E-state index is 13.3. The van der Waals surface area contributed by atoms with Gasteiger partial charge in [0.05, 0.1) is 29.1 Å². The normalized spacial score (nSPS) is 21.7. The van der Waals surface area contributed by atoms with Gasteiger partial charge < -0.3 is 15.3 Å². The Hall–Kier alpha value is -3.71. The minimum absolute atomic E-state index is 0.117. The van der Waals surface area contributed by atoms with Crippen LogP contribution in [0.4, 0.5) is 5.69 Å². The number of hydrogen-bond acceptors (Lipinski definition) is 5. The SMILES string of the molecule is CC(C)C[C@@H](NC(=O)c1ccc2[nH]nc(-c3ccc(N4[C@@H]5CC[C@H]4C[C@H](O)C5)cc3)c2c1)c1ccccn1. The quantitative estimate of drug-likeness (QED) is 0.300. The third-order valence-corrected chi connectivity index (χ3v) is 8.03. The average molecular weight is 510 g/mol. The van der Waals surface area contributed by atoms with Gasteiger partial charge >= 0.3 is 0 Å². The van der Waals surface area contributed by atoms with Crippen molar-refractivity contribution in [2.45, 2.75) is 70.2 Å². The lowest BCUT2D eigenvalue weighted by molar-refractivity contribution is 0.0931. The van der Waals surface area contributed by atoms with E-state index >= 15 is 0 Å². The van der Waals surface area contributed by atoms with Crippen molar-refractivity contribution in [1.29, 1.82) is 0 Å². The summed E-state index contributed by atoms with van der Waals surface area (Å²) in [4.78, 5) is 20.3. The number of nitrogens with zero attached hydrogens (tertiary/aromatic N) is 3. The molecule has 2 fully saturated rings. The zero-order chi connectivity index (χ0) is 26.2. The topological polar surface area (TPSA) is 94.1 Å². The largest absolute Gasteiger partial charge is 0.393 e. The van der Waals surface area contributed by atoms with Crippen LogP contribution < -0.4 is 10.2 Å². The summed E-state index contributed by atoms with van der Waals surface area (Å²) in [6, 6.07) is 20.7. The number of hydrogen-bond donors (Lipinski definition) is 3. The van der Waals surface area contributed by atoms with E-state index in [1.165, 1.54) is 5.69 Å². The highest BCUT2D eigenvalue weighted by atomic mass is 16.3. The molecule has 4 atom stereocenters. The molecule has 2 bridgehead atoms. The Bertz CT molecular complexity index is 1400. The molecule has 0 radical (unpaired) electrons. The lowest BCUT2D eigenvalue weighted by Crippen LogP contribution is -2.44. The molecule has 0 aliphatic carbocycles. The van der Waals surface area contributed by atoms with Crippen molar-refractivity contribution in [3.05, 3.63) is 78.1 Å². The Kier molecular flexibility index (Phi) is 6.62. The molecule has 7 heteroatoms. The number of aliphatic hydroxyl groups is 1. The summed E-state index contributed by atoms with van der Waals surface area (Å²) in [7, 11) is 0. The number of rotatable bonds is 7. The molecule has 3 N–H and O–H groups in total. The molecule has 38 heavy (non-hydrogen) atoms. The molecule has 2 aliphatic rings. The van der Waals surface area contributed by atoms with Crippen LogP contribution >= 0.6 is 0 Å². The zero-order valence-corrected chi connectivity index (χ0v) is 22.0. The van der Waals surface area contributed by atoms with Gasteiger partial charge in [0.25, 0.3) is 5.91 Å². The summed E-state index contributed by atoms with van der Waals surface area (Å²) in [5.74, 6) is 0.298. The molecule has 4 heterocycles. The highest BCUT2D eigenvalue weighted by Gasteiger charge is 2.40. The molecule has 0 saturated carbocycles. The lowest BCUT2D eigenvalue weighted by atomic mass is 9.98. The lowest BCUT2D eigenvalue weighted by Gasteiger charge is -2.39. The Balaban J connectivity index is 1.24. The van der Waals surface area contributed by atoms with Crippen LogP contribution in [0.25, 0.3) is 22.2 Å². The van der Waals surface area contributed by atoms with E-state index in [0.717, 1.165) is 60.0 Å². The number of nitrogens with one attached hydrogen (secondary N) is 2. The molecule has 2 aliphatic heterocycles. The number of piperidine rings is 1. The summed E-state index contributed by atoms with van der Waals surface area (Å²) in [6.07, 6.45) is 6.41. The molecule has 0 spiro atoms. The number of carbonyl (C=O) groups excluding carboxylic acids is 1. The maximum atomic E-state index is 13.3. The Morgan fingerprint density at radius 3 is 2.53 bits per heavy atom. The number of pyridine rings is 1.